The summed E-state index contributed by atoms with van der Waals surface area (Å²) in [6.07, 6.45) is 0.654. The first-order chi connectivity index (χ1) is 13.8. The van der Waals surface area contributed by atoms with Crippen LogP contribution in [0.5, 0.6) is 0 Å². The molecule has 5 nitrogen and oxygen atoms in total. The van der Waals surface area contributed by atoms with Gasteiger partial charge in [0.2, 0.25) is 0 Å². The molecule has 1 amide bonds. The quantitative estimate of drug-likeness (QED) is 0.576. The number of carbonyl (C=O) groups is 1. The molecule has 3 aromatic rings. The predicted octanol–water partition coefficient (Wildman–Crippen LogP) is 4.33. The summed E-state index contributed by atoms with van der Waals surface area (Å²) in [5.41, 5.74) is 2.85. The maximum atomic E-state index is 12.4. The van der Waals surface area contributed by atoms with Crippen molar-refractivity contribution in [3.63, 3.8) is 0 Å². The summed E-state index contributed by atoms with van der Waals surface area (Å²) >= 11 is 5.85. The van der Waals surface area contributed by atoms with Crippen molar-refractivity contribution in [2.24, 2.45) is 0 Å². The standard InChI is InChI=1S/C22H22ClNO4S/c1-16-2-4-18(5-3-16)14-29(26,27)15-20-10-11-21(28-20)22(25)24-13-12-17-6-8-19(23)9-7-17/h2-11H,12-15H2,1H3,(H,24,25). The lowest BCUT2D eigenvalue weighted by atomic mass is 10.1. The molecule has 152 valence electrons. The molecule has 3 rings (SSSR count). The molecular weight excluding hydrogens is 410 g/mol. The number of hydrogen-bond acceptors (Lipinski definition) is 4. The molecule has 0 aliphatic heterocycles. The zero-order valence-electron chi connectivity index (χ0n) is 16.0. The summed E-state index contributed by atoms with van der Waals surface area (Å²) in [6.45, 7) is 2.38. The third-order valence-electron chi connectivity index (χ3n) is 4.37. The molecule has 0 saturated carbocycles. The number of benzene rings is 2. The Morgan fingerprint density at radius 1 is 0.931 bits per heavy atom. The molecule has 0 fully saturated rings. The van der Waals surface area contributed by atoms with Gasteiger partial charge in [0.05, 0.1) is 5.75 Å². The highest BCUT2D eigenvalue weighted by atomic mass is 35.5. The third-order valence-corrected chi connectivity index (χ3v) is 6.12. The number of nitrogens with one attached hydrogen (secondary N) is 1. The van der Waals surface area contributed by atoms with E-state index in [1.54, 1.807) is 24.3 Å². The molecule has 0 saturated heterocycles. The number of aryl methyl sites for hydroxylation is 1. The van der Waals surface area contributed by atoms with Gasteiger partial charge in [-0.1, -0.05) is 53.6 Å². The van der Waals surface area contributed by atoms with E-state index in [0.717, 1.165) is 16.7 Å². The van der Waals surface area contributed by atoms with Crippen LogP contribution >= 0.6 is 11.6 Å². The van der Waals surface area contributed by atoms with Gasteiger partial charge in [0.15, 0.2) is 15.6 Å². The van der Waals surface area contributed by atoms with Gasteiger partial charge in [-0.25, -0.2) is 8.42 Å². The molecule has 0 atom stereocenters. The summed E-state index contributed by atoms with van der Waals surface area (Å²) < 4.78 is 30.3. The molecule has 29 heavy (non-hydrogen) atoms. The Morgan fingerprint density at radius 2 is 1.59 bits per heavy atom. The summed E-state index contributed by atoms with van der Waals surface area (Å²) in [5, 5.41) is 3.43. The first-order valence-corrected chi connectivity index (χ1v) is 11.4. The first-order valence-electron chi connectivity index (χ1n) is 9.18. The van der Waals surface area contributed by atoms with Crippen LogP contribution in [0, 0.1) is 6.92 Å². The maximum Gasteiger partial charge on any atom is 0.287 e. The monoisotopic (exact) mass is 431 g/mol. The van der Waals surface area contributed by atoms with Crippen LogP contribution in [-0.2, 0) is 27.8 Å². The van der Waals surface area contributed by atoms with Gasteiger partial charge in [-0.3, -0.25) is 4.79 Å². The normalized spacial score (nSPS) is 11.4. The molecule has 1 aromatic heterocycles. The van der Waals surface area contributed by atoms with E-state index >= 15 is 0 Å². The molecule has 0 aliphatic carbocycles. The van der Waals surface area contributed by atoms with E-state index in [1.165, 1.54) is 12.1 Å². The highest BCUT2D eigenvalue weighted by Crippen LogP contribution is 2.16. The van der Waals surface area contributed by atoms with E-state index in [1.807, 2.05) is 31.2 Å². The first kappa shape index (κ1) is 21.1. The van der Waals surface area contributed by atoms with Gasteiger partial charge in [-0.2, -0.15) is 0 Å². The van der Waals surface area contributed by atoms with Crippen molar-refractivity contribution in [3.05, 3.63) is 93.9 Å². The van der Waals surface area contributed by atoms with Crippen LogP contribution in [0.25, 0.3) is 0 Å². The van der Waals surface area contributed by atoms with Crippen molar-refractivity contribution in [3.8, 4) is 0 Å². The minimum atomic E-state index is -3.41. The lowest BCUT2D eigenvalue weighted by Crippen LogP contribution is -2.25. The molecule has 0 spiro atoms. The van der Waals surface area contributed by atoms with Crippen LogP contribution in [0.15, 0.2) is 65.1 Å². The van der Waals surface area contributed by atoms with Gasteiger partial charge in [0, 0.05) is 11.6 Å². The van der Waals surface area contributed by atoms with Crippen molar-refractivity contribution >= 4 is 27.3 Å². The van der Waals surface area contributed by atoms with Gasteiger partial charge in [0.1, 0.15) is 11.5 Å². The summed E-state index contributed by atoms with van der Waals surface area (Å²) in [4.78, 5) is 12.2. The van der Waals surface area contributed by atoms with E-state index < -0.39 is 9.84 Å². The number of carbonyl (C=O) groups excluding carboxylic acids is 1. The van der Waals surface area contributed by atoms with Gasteiger partial charge in [0.25, 0.3) is 5.91 Å². The fraction of sp³-hybridized carbons (Fsp3) is 0.227. The fourth-order valence-corrected chi connectivity index (χ4v) is 4.36. The molecule has 0 radical (unpaired) electrons. The van der Waals surface area contributed by atoms with Crippen LogP contribution in [0.1, 0.15) is 33.0 Å². The van der Waals surface area contributed by atoms with Crippen molar-refractivity contribution in [1.29, 1.82) is 0 Å². The van der Waals surface area contributed by atoms with E-state index in [4.69, 9.17) is 16.0 Å². The lowest BCUT2D eigenvalue weighted by Gasteiger charge is -2.05. The average Bonchev–Trinajstić information content (AvgIpc) is 3.13. The molecule has 0 aliphatic rings. The second kappa shape index (κ2) is 9.29. The Labute approximate surface area is 175 Å². The molecule has 1 heterocycles. The molecule has 0 unspecified atom stereocenters. The zero-order chi connectivity index (χ0) is 20.9. The largest absolute Gasteiger partial charge is 0.455 e. The third kappa shape index (κ3) is 6.48. The number of halogens is 1. The van der Waals surface area contributed by atoms with Gasteiger partial charge < -0.3 is 9.73 Å². The second-order valence-corrected chi connectivity index (χ2v) is 9.42. The van der Waals surface area contributed by atoms with E-state index in [2.05, 4.69) is 5.32 Å². The van der Waals surface area contributed by atoms with Crippen molar-refractivity contribution in [2.75, 3.05) is 6.54 Å². The number of hydrogen-bond donors (Lipinski definition) is 1. The highest BCUT2D eigenvalue weighted by molar-refractivity contribution is 7.89. The smallest absolute Gasteiger partial charge is 0.287 e. The molecule has 0 bridgehead atoms. The Morgan fingerprint density at radius 3 is 2.28 bits per heavy atom. The number of amides is 1. The van der Waals surface area contributed by atoms with E-state index in [-0.39, 0.29) is 28.9 Å². The van der Waals surface area contributed by atoms with Crippen LogP contribution in [-0.4, -0.2) is 20.9 Å². The van der Waals surface area contributed by atoms with Crippen molar-refractivity contribution in [1.82, 2.24) is 5.32 Å². The molecular formula is C22H22ClNO4S. The number of sulfone groups is 1. The van der Waals surface area contributed by atoms with Gasteiger partial charge >= 0.3 is 0 Å². The van der Waals surface area contributed by atoms with Crippen LogP contribution < -0.4 is 5.32 Å². The average molecular weight is 432 g/mol. The minimum absolute atomic E-state index is 0.0728. The van der Waals surface area contributed by atoms with Gasteiger partial charge in [-0.05, 0) is 48.7 Å². The Balaban J connectivity index is 1.53. The number of rotatable bonds is 8. The van der Waals surface area contributed by atoms with E-state index in [9.17, 15) is 13.2 Å². The topological polar surface area (TPSA) is 76.4 Å². The second-order valence-electron chi connectivity index (χ2n) is 6.92. The SMILES string of the molecule is Cc1ccc(CS(=O)(=O)Cc2ccc(C(=O)NCCc3ccc(Cl)cc3)o2)cc1. The Kier molecular flexibility index (Phi) is 6.77. The number of furan rings is 1. The van der Waals surface area contributed by atoms with E-state index in [0.29, 0.717) is 18.0 Å². The summed E-state index contributed by atoms with van der Waals surface area (Å²) in [6, 6.07) is 17.8. The summed E-state index contributed by atoms with van der Waals surface area (Å²) in [5.74, 6) is -0.349. The molecule has 7 heteroatoms. The predicted molar refractivity (Wildman–Crippen MR) is 114 cm³/mol. The summed E-state index contributed by atoms with van der Waals surface area (Å²) in [7, 11) is -3.41. The van der Waals surface area contributed by atoms with Crippen LogP contribution in [0.4, 0.5) is 0 Å². The lowest BCUT2D eigenvalue weighted by molar-refractivity contribution is 0.0925. The minimum Gasteiger partial charge on any atom is -0.455 e. The molecule has 2 aromatic carbocycles. The van der Waals surface area contributed by atoms with Crippen molar-refractivity contribution in [2.45, 2.75) is 24.9 Å². The fourth-order valence-electron chi connectivity index (χ4n) is 2.84. The highest BCUT2D eigenvalue weighted by Gasteiger charge is 2.18. The van der Waals surface area contributed by atoms with Gasteiger partial charge in [-0.15, -0.1) is 0 Å². The zero-order valence-corrected chi connectivity index (χ0v) is 17.6. The van der Waals surface area contributed by atoms with Crippen LogP contribution in [0.3, 0.4) is 0 Å². The molecule has 1 N–H and O–H groups in total. The van der Waals surface area contributed by atoms with Crippen LogP contribution in [0.2, 0.25) is 5.02 Å². The van der Waals surface area contributed by atoms with Crippen molar-refractivity contribution < 1.29 is 17.6 Å². The Bertz CT molecular complexity index is 1070. The Hall–Kier alpha value is -2.57. The maximum absolute atomic E-state index is 12.4.